The third-order valence-corrected chi connectivity index (χ3v) is 5.43. The standard InChI is InChI=1S/C11H14ClN3.C8H18/c12-10-8(2-1-4-14-10)11-6-13-5-3-9(11)15-7-11;1-3-5-7-8-6-4-2/h1-2,4,9,13,15H,3,5-7H2;3-8H2,1-2H3. The summed E-state index contributed by atoms with van der Waals surface area (Å²) in [5.41, 5.74) is 1.38. The van der Waals surface area contributed by atoms with E-state index in [1.54, 1.807) is 6.20 Å². The maximum Gasteiger partial charge on any atom is 0.132 e. The van der Waals surface area contributed by atoms with Gasteiger partial charge >= 0.3 is 0 Å². The van der Waals surface area contributed by atoms with E-state index in [4.69, 9.17) is 11.6 Å². The second-order valence-corrected chi connectivity index (χ2v) is 7.17. The highest BCUT2D eigenvalue weighted by Gasteiger charge is 2.50. The number of fused-ring (bicyclic) bond motifs is 1. The van der Waals surface area contributed by atoms with Crippen LogP contribution in [0.3, 0.4) is 0 Å². The van der Waals surface area contributed by atoms with E-state index >= 15 is 0 Å². The van der Waals surface area contributed by atoms with E-state index in [1.165, 1.54) is 50.5 Å². The van der Waals surface area contributed by atoms with E-state index in [-0.39, 0.29) is 5.41 Å². The first-order valence-corrected chi connectivity index (χ1v) is 9.67. The number of halogens is 1. The fraction of sp³-hybridized carbons (Fsp3) is 0.737. The van der Waals surface area contributed by atoms with Crippen LogP contribution < -0.4 is 10.6 Å². The quantitative estimate of drug-likeness (QED) is 0.600. The van der Waals surface area contributed by atoms with Crippen LogP contribution in [0.15, 0.2) is 18.3 Å². The Morgan fingerprint density at radius 1 is 1.17 bits per heavy atom. The van der Waals surface area contributed by atoms with Gasteiger partial charge in [0.2, 0.25) is 0 Å². The molecule has 1 aromatic heterocycles. The van der Waals surface area contributed by atoms with Gasteiger partial charge in [-0.15, -0.1) is 0 Å². The van der Waals surface area contributed by atoms with Crippen molar-refractivity contribution in [2.75, 3.05) is 19.6 Å². The monoisotopic (exact) mass is 337 g/mol. The molecule has 0 aromatic carbocycles. The lowest BCUT2D eigenvalue weighted by molar-refractivity contribution is 0.131. The van der Waals surface area contributed by atoms with Crippen molar-refractivity contribution in [1.29, 1.82) is 0 Å². The van der Waals surface area contributed by atoms with Gasteiger partial charge in [0.15, 0.2) is 0 Å². The minimum Gasteiger partial charge on any atom is -0.316 e. The van der Waals surface area contributed by atoms with Crippen LogP contribution in [0.4, 0.5) is 0 Å². The zero-order chi connectivity index (χ0) is 16.5. The molecule has 0 bridgehead atoms. The third-order valence-electron chi connectivity index (χ3n) is 5.13. The molecule has 0 saturated carbocycles. The first kappa shape index (κ1) is 18.7. The van der Waals surface area contributed by atoms with Gasteiger partial charge in [-0.1, -0.05) is 70.0 Å². The normalized spacial score (nSPS) is 25.8. The van der Waals surface area contributed by atoms with Crippen LogP contribution in [0.25, 0.3) is 0 Å². The van der Waals surface area contributed by atoms with Crippen LogP contribution in [0.5, 0.6) is 0 Å². The number of unbranched alkanes of at least 4 members (excludes halogenated alkanes) is 5. The van der Waals surface area contributed by atoms with Crippen molar-refractivity contribution in [2.24, 2.45) is 0 Å². The van der Waals surface area contributed by atoms with Crippen molar-refractivity contribution < 1.29 is 0 Å². The number of nitrogens with one attached hydrogen (secondary N) is 2. The molecular weight excluding hydrogens is 306 g/mol. The zero-order valence-electron chi connectivity index (χ0n) is 14.7. The number of hydrogen-bond donors (Lipinski definition) is 2. The van der Waals surface area contributed by atoms with Crippen LogP contribution in [0, 0.1) is 0 Å². The van der Waals surface area contributed by atoms with E-state index in [2.05, 4.69) is 35.5 Å². The molecule has 2 saturated heterocycles. The molecule has 2 atom stereocenters. The van der Waals surface area contributed by atoms with Gasteiger partial charge in [-0.2, -0.15) is 0 Å². The molecule has 0 amide bonds. The minimum atomic E-state index is 0.184. The molecule has 3 heterocycles. The molecule has 1 aromatic rings. The lowest BCUT2D eigenvalue weighted by Gasteiger charge is -2.54. The number of aromatic nitrogens is 1. The van der Waals surface area contributed by atoms with Gasteiger partial charge in [-0.3, -0.25) is 0 Å². The van der Waals surface area contributed by atoms with Gasteiger partial charge in [-0.05, 0) is 24.6 Å². The summed E-state index contributed by atoms with van der Waals surface area (Å²) in [7, 11) is 0. The average Bonchev–Trinajstić information content (AvgIpc) is 2.55. The maximum absolute atomic E-state index is 6.18. The molecule has 2 fully saturated rings. The molecule has 0 radical (unpaired) electrons. The summed E-state index contributed by atoms with van der Waals surface area (Å²) in [4.78, 5) is 4.18. The fourth-order valence-corrected chi connectivity index (χ4v) is 3.91. The Morgan fingerprint density at radius 3 is 2.43 bits per heavy atom. The summed E-state index contributed by atoms with van der Waals surface area (Å²) < 4.78 is 0. The van der Waals surface area contributed by atoms with Crippen LogP contribution in [0.2, 0.25) is 5.15 Å². The molecule has 2 N–H and O–H groups in total. The van der Waals surface area contributed by atoms with Crippen molar-refractivity contribution in [3.05, 3.63) is 29.0 Å². The molecule has 0 aliphatic carbocycles. The lowest BCUT2D eigenvalue weighted by atomic mass is 9.66. The lowest BCUT2D eigenvalue weighted by Crippen LogP contribution is -2.72. The highest BCUT2D eigenvalue weighted by molar-refractivity contribution is 6.30. The Kier molecular flexibility index (Phi) is 7.81. The Hall–Kier alpha value is -0.640. The first-order chi connectivity index (χ1) is 11.2. The highest BCUT2D eigenvalue weighted by atomic mass is 35.5. The predicted molar refractivity (Wildman–Crippen MR) is 99.3 cm³/mol. The van der Waals surface area contributed by atoms with Crippen molar-refractivity contribution >= 4 is 11.6 Å². The summed E-state index contributed by atoms with van der Waals surface area (Å²) in [6, 6.07) is 4.65. The fourth-order valence-electron chi connectivity index (χ4n) is 3.60. The molecule has 23 heavy (non-hydrogen) atoms. The van der Waals surface area contributed by atoms with Gasteiger partial charge in [-0.25, -0.2) is 4.98 Å². The van der Waals surface area contributed by atoms with E-state index < -0.39 is 0 Å². The van der Waals surface area contributed by atoms with Crippen molar-refractivity contribution in [3.8, 4) is 0 Å². The summed E-state index contributed by atoms with van der Waals surface area (Å²) in [5.74, 6) is 0. The van der Waals surface area contributed by atoms with Gasteiger partial charge in [0.05, 0.1) is 0 Å². The average molecular weight is 338 g/mol. The van der Waals surface area contributed by atoms with E-state index in [1.807, 2.05) is 6.07 Å². The molecular formula is C19H32ClN3. The summed E-state index contributed by atoms with van der Waals surface area (Å²) in [6.45, 7) is 7.63. The van der Waals surface area contributed by atoms with E-state index in [9.17, 15) is 0 Å². The summed E-state index contributed by atoms with van der Waals surface area (Å²) in [6.07, 6.45) is 11.4. The second kappa shape index (κ2) is 9.61. The molecule has 2 aliphatic heterocycles. The molecule has 4 heteroatoms. The maximum atomic E-state index is 6.18. The van der Waals surface area contributed by atoms with Crippen molar-refractivity contribution in [1.82, 2.24) is 15.6 Å². The number of piperidine rings is 1. The molecule has 130 valence electrons. The third kappa shape index (κ3) is 4.68. The van der Waals surface area contributed by atoms with Gasteiger partial charge in [0.1, 0.15) is 5.15 Å². The largest absolute Gasteiger partial charge is 0.316 e. The highest BCUT2D eigenvalue weighted by Crippen LogP contribution is 2.39. The molecule has 2 aliphatic rings. The molecule has 3 rings (SSSR count). The number of hydrogen-bond acceptors (Lipinski definition) is 3. The Balaban J connectivity index is 0.000000207. The van der Waals surface area contributed by atoms with Crippen LogP contribution in [-0.4, -0.2) is 30.7 Å². The van der Waals surface area contributed by atoms with Gasteiger partial charge in [0, 0.05) is 30.7 Å². The SMILES string of the molecule is CCCCCCCC.Clc1ncccc1C12CNCCC1NC2. The predicted octanol–water partition coefficient (Wildman–Crippen LogP) is 4.30. The van der Waals surface area contributed by atoms with Crippen molar-refractivity contribution in [3.63, 3.8) is 0 Å². The van der Waals surface area contributed by atoms with Crippen LogP contribution in [0.1, 0.15) is 64.4 Å². The summed E-state index contributed by atoms with van der Waals surface area (Å²) in [5, 5.41) is 7.60. The number of rotatable bonds is 6. The van der Waals surface area contributed by atoms with E-state index in [0.717, 1.165) is 19.6 Å². The number of nitrogens with zero attached hydrogens (tertiary/aromatic N) is 1. The molecule has 2 unspecified atom stereocenters. The Labute approximate surface area is 146 Å². The first-order valence-electron chi connectivity index (χ1n) is 9.29. The topological polar surface area (TPSA) is 37.0 Å². The Bertz CT molecular complexity index is 460. The zero-order valence-corrected chi connectivity index (χ0v) is 15.5. The van der Waals surface area contributed by atoms with Gasteiger partial charge in [0.25, 0.3) is 0 Å². The minimum absolute atomic E-state index is 0.184. The van der Waals surface area contributed by atoms with Crippen LogP contribution >= 0.6 is 11.6 Å². The second-order valence-electron chi connectivity index (χ2n) is 6.81. The van der Waals surface area contributed by atoms with E-state index in [0.29, 0.717) is 11.2 Å². The molecule has 0 spiro atoms. The van der Waals surface area contributed by atoms with Gasteiger partial charge < -0.3 is 10.6 Å². The van der Waals surface area contributed by atoms with Crippen molar-refractivity contribution in [2.45, 2.75) is 70.3 Å². The molecule has 3 nitrogen and oxygen atoms in total. The van der Waals surface area contributed by atoms with Crippen LogP contribution in [-0.2, 0) is 5.41 Å². The number of pyridine rings is 1. The smallest absolute Gasteiger partial charge is 0.132 e. The summed E-state index contributed by atoms with van der Waals surface area (Å²) >= 11 is 6.18. The Morgan fingerprint density at radius 2 is 1.91 bits per heavy atom.